The van der Waals surface area contributed by atoms with Crippen molar-refractivity contribution in [3.63, 3.8) is 0 Å². The van der Waals surface area contributed by atoms with Crippen molar-refractivity contribution < 1.29 is 12.8 Å². The minimum atomic E-state index is -3.68. The molecular weight excluding hydrogens is 289 g/mol. The molecule has 0 radical (unpaired) electrons. The summed E-state index contributed by atoms with van der Waals surface area (Å²) in [5, 5.41) is -0.125. The Bertz CT molecular complexity index is 674. The van der Waals surface area contributed by atoms with E-state index in [0.717, 1.165) is 0 Å². The third-order valence-electron chi connectivity index (χ3n) is 2.42. The normalized spacial score (nSPS) is 11.3. The summed E-state index contributed by atoms with van der Waals surface area (Å²) >= 11 is 5.59. The van der Waals surface area contributed by atoms with Gasteiger partial charge in [0, 0.05) is 0 Å². The van der Waals surface area contributed by atoms with E-state index in [1.54, 1.807) is 30.3 Å². The zero-order valence-electron chi connectivity index (χ0n) is 9.81. The van der Waals surface area contributed by atoms with Crippen LogP contribution < -0.4 is 4.72 Å². The summed E-state index contributed by atoms with van der Waals surface area (Å²) < 4.78 is 39.6. The molecule has 0 amide bonds. The molecule has 0 spiro atoms. The second-order valence-electron chi connectivity index (χ2n) is 3.95. The van der Waals surface area contributed by atoms with Crippen LogP contribution in [0.25, 0.3) is 0 Å². The van der Waals surface area contributed by atoms with Crippen LogP contribution in [-0.2, 0) is 15.8 Å². The molecule has 0 atom stereocenters. The molecule has 0 saturated heterocycles. The van der Waals surface area contributed by atoms with Crippen LogP contribution >= 0.6 is 11.6 Å². The predicted octanol–water partition coefficient (Wildman–Crippen LogP) is 3.42. The quantitative estimate of drug-likeness (QED) is 0.940. The van der Waals surface area contributed by atoms with E-state index < -0.39 is 15.8 Å². The lowest BCUT2D eigenvalue weighted by Gasteiger charge is -2.09. The Labute approximate surface area is 116 Å². The highest BCUT2D eigenvalue weighted by Gasteiger charge is 2.15. The van der Waals surface area contributed by atoms with E-state index in [1.807, 2.05) is 0 Å². The van der Waals surface area contributed by atoms with Crippen LogP contribution in [0, 0.1) is 5.82 Å². The van der Waals surface area contributed by atoms with Gasteiger partial charge in [-0.2, -0.15) is 0 Å². The molecule has 0 saturated carbocycles. The fraction of sp³-hybridized carbons (Fsp3) is 0.0769. The van der Waals surface area contributed by atoms with Gasteiger partial charge in [0.2, 0.25) is 10.0 Å². The smallest absolute Gasteiger partial charge is 0.237 e. The molecule has 2 aromatic rings. The molecule has 0 aliphatic rings. The molecular formula is C13H11ClFNO2S. The Morgan fingerprint density at radius 1 is 1.05 bits per heavy atom. The number of sulfonamides is 1. The van der Waals surface area contributed by atoms with Gasteiger partial charge < -0.3 is 0 Å². The van der Waals surface area contributed by atoms with Crippen molar-refractivity contribution in [3.8, 4) is 0 Å². The minimum absolute atomic E-state index is 0.125. The summed E-state index contributed by atoms with van der Waals surface area (Å²) in [5.74, 6) is -0.999. The number of hydrogen-bond donors (Lipinski definition) is 1. The second kappa shape index (κ2) is 5.59. The highest BCUT2D eigenvalue weighted by Crippen LogP contribution is 2.23. The molecule has 0 fully saturated rings. The van der Waals surface area contributed by atoms with Crippen molar-refractivity contribution in [1.29, 1.82) is 0 Å². The molecule has 0 unspecified atom stereocenters. The van der Waals surface area contributed by atoms with E-state index in [0.29, 0.717) is 5.56 Å². The summed E-state index contributed by atoms with van der Waals surface area (Å²) in [5.41, 5.74) is 0.473. The summed E-state index contributed by atoms with van der Waals surface area (Å²) in [6, 6.07) is 12.8. The molecule has 0 aromatic heterocycles. The van der Waals surface area contributed by atoms with Gasteiger partial charge in [0.05, 0.1) is 16.5 Å². The van der Waals surface area contributed by atoms with E-state index in [2.05, 4.69) is 4.72 Å². The molecule has 0 aliphatic carbocycles. The number of anilines is 1. The van der Waals surface area contributed by atoms with Crippen molar-refractivity contribution >= 4 is 27.3 Å². The Balaban J connectivity index is 2.20. The fourth-order valence-electron chi connectivity index (χ4n) is 1.58. The van der Waals surface area contributed by atoms with E-state index in [9.17, 15) is 12.8 Å². The predicted molar refractivity (Wildman–Crippen MR) is 74.1 cm³/mol. The van der Waals surface area contributed by atoms with Gasteiger partial charge in [-0.3, -0.25) is 4.72 Å². The maximum Gasteiger partial charge on any atom is 0.237 e. The topological polar surface area (TPSA) is 46.2 Å². The molecule has 3 nitrogen and oxygen atoms in total. The Kier molecular flexibility index (Phi) is 4.07. The first-order chi connectivity index (χ1) is 8.98. The van der Waals surface area contributed by atoms with Gasteiger partial charge >= 0.3 is 0 Å². The standard InChI is InChI=1S/C13H11ClFNO2S/c14-11-7-4-8-12(13(11)15)16-19(17,18)9-10-5-2-1-3-6-10/h1-8,16H,9H2. The maximum absolute atomic E-state index is 13.6. The van der Waals surface area contributed by atoms with Crippen molar-refractivity contribution in [2.75, 3.05) is 4.72 Å². The van der Waals surface area contributed by atoms with Crippen LogP contribution in [0.1, 0.15) is 5.56 Å². The molecule has 19 heavy (non-hydrogen) atoms. The first-order valence-electron chi connectivity index (χ1n) is 5.46. The van der Waals surface area contributed by atoms with Crippen LogP contribution in [0.5, 0.6) is 0 Å². The summed E-state index contributed by atoms with van der Waals surface area (Å²) in [7, 11) is -3.68. The van der Waals surface area contributed by atoms with Gasteiger partial charge in [-0.15, -0.1) is 0 Å². The van der Waals surface area contributed by atoms with Gasteiger partial charge in [-0.05, 0) is 17.7 Å². The van der Waals surface area contributed by atoms with Gasteiger partial charge in [0.15, 0.2) is 5.82 Å². The molecule has 0 heterocycles. The molecule has 6 heteroatoms. The van der Waals surface area contributed by atoms with Crippen molar-refractivity contribution in [2.45, 2.75) is 5.75 Å². The third kappa shape index (κ3) is 3.68. The second-order valence-corrected chi connectivity index (χ2v) is 6.08. The lowest BCUT2D eigenvalue weighted by atomic mass is 10.2. The molecule has 2 aromatic carbocycles. The molecule has 1 N–H and O–H groups in total. The summed E-state index contributed by atoms with van der Waals surface area (Å²) in [6.45, 7) is 0. The maximum atomic E-state index is 13.6. The van der Waals surface area contributed by atoms with Crippen LogP contribution in [-0.4, -0.2) is 8.42 Å². The van der Waals surface area contributed by atoms with E-state index >= 15 is 0 Å². The highest BCUT2D eigenvalue weighted by atomic mass is 35.5. The molecule has 100 valence electrons. The zero-order chi connectivity index (χ0) is 13.9. The lowest BCUT2D eigenvalue weighted by molar-refractivity contribution is 0.598. The molecule has 0 bridgehead atoms. The van der Waals surface area contributed by atoms with Crippen LogP contribution in [0.15, 0.2) is 48.5 Å². The van der Waals surface area contributed by atoms with Gasteiger partial charge in [0.25, 0.3) is 0 Å². The van der Waals surface area contributed by atoms with Gasteiger partial charge in [0.1, 0.15) is 0 Å². The average molecular weight is 300 g/mol. The van der Waals surface area contributed by atoms with Crippen LogP contribution in [0.3, 0.4) is 0 Å². The fourth-order valence-corrected chi connectivity index (χ4v) is 2.95. The SMILES string of the molecule is O=S(=O)(Cc1ccccc1)Nc1cccc(Cl)c1F. The minimum Gasteiger partial charge on any atom is -0.280 e. The van der Waals surface area contributed by atoms with Gasteiger partial charge in [-0.1, -0.05) is 48.0 Å². The highest BCUT2D eigenvalue weighted by molar-refractivity contribution is 7.91. The number of benzene rings is 2. The number of nitrogens with one attached hydrogen (secondary N) is 1. The van der Waals surface area contributed by atoms with E-state index in [4.69, 9.17) is 11.6 Å². The number of halogens is 2. The molecule has 2 rings (SSSR count). The zero-order valence-corrected chi connectivity index (χ0v) is 11.4. The van der Waals surface area contributed by atoms with Gasteiger partial charge in [-0.25, -0.2) is 12.8 Å². The first-order valence-corrected chi connectivity index (χ1v) is 7.49. The lowest BCUT2D eigenvalue weighted by Crippen LogP contribution is -2.16. The van der Waals surface area contributed by atoms with E-state index in [1.165, 1.54) is 18.2 Å². The number of hydrogen-bond acceptors (Lipinski definition) is 2. The third-order valence-corrected chi connectivity index (χ3v) is 3.95. The molecule has 0 aliphatic heterocycles. The summed E-state index contributed by atoms with van der Waals surface area (Å²) in [4.78, 5) is 0. The van der Waals surface area contributed by atoms with Crippen molar-refractivity contribution in [3.05, 3.63) is 64.9 Å². The van der Waals surface area contributed by atoms with E-state index in [-0.39, 0.29) is 16.5 Å². The Morgan fingerprint density at radius 3 is 2.42 bits per heavy atom. The Hall–Kier alpha value is -1.59. The number of rotatable bonds is 4. The first kappa shape index (κ1) is 13.8. The average Bonchev–Trinajstić information content (AvgIpc) is 2.35. The van der Waals surface area contributed by atoms with Crippen LogP contribution in [0.2, 0.25) is 5.02 Å². The summed E-state index contributed by atoms with van der Waals surface area (Å²) in [6.07, 6.45) is 0. The van der Waals surface area contributed by atoms with Crippen LogP contribution in [0.4, 0.5) is 10.1 Å². The largest absolute Gasteiger partial charge is 0.280 e. The monoisotopic (exact) mass is 299 g/mol. The van der Waals surface area contributed by atoms with Crippen molar-refractivity contribution in [2.24, 2.45) is 0 Å². The Morgan fingerprint density at radius 2 is 1.74 bits per heavy atom. The van der Waals surface area contributed by atoms with Crippen molar-refractivity contribution in [1.82, 2.24) is 0 Å².